The number of furan rings is 1. The van der Waals surface area contributed by atoms with Crippen LogP contribution in [0.25, 0.3) is 88.0 Å². The van der Waals surface area contributed by atoms with Crippen molar-refractivity contribution in [2.24, 2.45) is 0 Å². The van der Waals surface area contributed by atoms with Crippen LogP contribution in [0.4, 0.5) is 0 Å². The smallest absolute Gasteiger partial charge is 0.135 e. The Bertz CT molecular complexity index is 2750. The Morgan fingerprint density at radius 3 is 1.64 bits per heavy atom. The van der Waals surface area contributed by atoms with Crippen LogP contribution in [0.5, 0.6) is 0 Å². The fraction of sp³-hybridized carbons (Fsp3) is 0. The molecular formula is C44H28O. The summed E-state index contributed by atoms with van der Waals surface area (Å²) in [6, 6.07) is 45.9. The Morgan fingerprint density at radius 2 is 0.911 bits per heavy atom. The van der Waals surface area contributed by atoms with Crippen molar-refractivity contribution in [3.63, 3.8) is 0 Å². The second-order valence-electron chi connectivity index (χ2n) is 11.3. The Kier molecular flexibility index (Phi) is 4.81. The summed E-state index contributed by atoms with van der Waals surface area (Å²) in [4.78, 5) is 0. The van der Waals surface area contributed by atoms with E-state index in [4.69, 9.17) is 11.3 Å². The molecule has 0 atom stereocenters. The van der Waals surface area contributed by atoms with Crippen LogP contribution in [0, 0.1) is 0 Å². The van der Waals surface area contributed by atoms with Gasteiger partial charge >= 0.3 is 0 Å². The Morgan fingerprint density at radius 1 is 0.356 bits per heavy atom. The van der Waals surface area contributed by atoms with Crippen molar-refractivity contribution in [2.45, 2.75) is 0 Å². The highest BCUT2D eigenvalue weighted by molar-refractivity contribution is 6.22. The van der Waals surface area contributed by atoms with Gasteiger partial charge in [-0.1, -0.05) is 145 Å². The molecule has 9 rings (SSSR count). The van der Waals surface area contributed by atoms with Gasteiger partial charge in [0.2, 0.25) is 0 Å². The van der Waals surface area contributed by atoms with Crippen molar-refractivity contribution in [1.29, 1.82) is 0 Å². The first-order chi connectivity index (χ1) is 24.4. The van der Waals surface area contributed by atoms with Gasteiger partial charge in [0.25, 0.3) is 0 Å². The van der Waals surface area contributed by atoms with Gasteiger partial charge < -0.3 is 4.42 Å². The molecule has 210 valence electrons. The number of hydrogen-bond acceptors (Lipinski definition) is 1. The SMILES string of the molecule is [2H]c1c([2H])c([2H])c(-c2ccccc2-c2c3ccccc3c(-c3cccc(-c4ccc5oc6ccccc6c5c4)c3)c3ccccc23)c([2H])c1[2H]. The van der Waals surface area contributed by atoms with Crippen molar-refractivity contribution in [1.82, 2.24) is 0 Å². The third-order valence-electron chi connectivity index (χ3n) is 8.76. The van der Waals surface area contributed by atoms with E-state index in [1.54, 1.807) is 0 Å². The van der Waals surface area contributed by atoms with Crippen LogP contribution >= 0.6 is 0 Å². The molecule has 0 aliphatic carbocycles. The molecule has 1 aromatic heterocycles. The molecule has 9 aromatic rings. The molecule has 0 spiro atoms. The number of benzene rings is 8. The van der Waals surface area contributed by atoms with E-state index in [1.807, 2.05) is 72.8 Å². The molecule has 1 heteroatoms. The van der Waals surface area contributed by atoms with Crippen LogP contribution in [0.1, 0.15) is 6.85 Å². The van der Waals surface area contributed by atoms with Gasteiger partial charge in [-0.15, -0.1) is 0 Å². The zero-order valence-electron chi connectivity index (χ0n) is 29.2. The minimum absolute atomic E-state index is 0.193. The second-order valence-corrected chi connectivity index (χ2v) is 11.3. The second kappa shape index (κ2) is 10.4. The van der Waals surface area contributed by atoms with Crippen LogP contribution in [-0.2, 0) is 0 Å². The van der Waals surface area contributed by atoms with Crippen LogP contribution in [-0.4, -0.2) is 0 Å². The average molecular weight is 578 g/mol. The summed E-state index contributed by atoms with van der Waals surface area (Å²) < 4.78 is 48.6. The third kappa shape index (κ3) is 4.17. The largest absolute Gasteiger partial charge is 0.456 e. The van der Waals surface area contributed by atoms with Crippen molar-refractivity contribution >= 4 is 43.5 Å². The molecule has 0 saturated heterocycles. The highest BCUT2D eigenvalue weighted by atomic mass is 16.3. The normalized spacial score (nSPS) is 13.1. The van der Waals surface area contributed by atoms with Gasteiger partial charge in [0.05, 0.1) is 6.85 Å². The van der Waals surface area contributed by atoms with Crippen molar-refractivity contribution in [3.8, 4) is 44.5 Å². The van der Waals surface area contributed by atoms with Gasteiger partial charge in [0.15, 0.2) is 0 Å². The lowest BCUT2D eigenvalue weighted by atomic mass is 9.83. The summed E-state index contributed by atoms with van der Waals surface area (Å²) in [6.07, 6.45) is 0. The summed E-state index contributed by atoms with van der Waals surface area (Å²) in [5.74, 6) is 0. The fourth-order valence-electron chi connectivity index (χ4n) is 6.79. The molecule has 0 N–H and O–H groups in total. The third-order valence-corrected chi connectivity index (χ3v) is 8.76. The molecule has 0 saturated carbocycles. The van der Waals surface area contributed by atoms with Crippen LogP contribution < -0.4 is 0 Å². The molecular weight excluding hydrogens is 544 g/mol. The summed E-state index contributed by atoms with van der Waals surface area (Å²) in [7, 11) is 0. The predicted octanol–water partition coefficient (Wildman–Crippen LogP) is 12.6. The fourth-order valence-corrected chi connectivity index (χ4v) is 6.79. The molecule has 0 aliphatic rings. The van der Waals surface area contributed by atoms with Crippen LogP contribution in [0.3, 0.4) is 0 Å². The summed E-state index contributed by atoms with van der Waals surface area (Å²) >= 11 is 0. The Balaban J connectivity index is 1.29. The molecule has 1 nitrogen and oxygen atoms in total. The molecule has 0 amide bonds. The maximum Gasteiger partial charge on any atom is 0.135 e. The zero-order chi connectivity index (χ0) is 34.1. The highest BCUT2D eigenvalue weighted by Crippen LogP contribution is 2.46. The number of hydrogen-bond donors (Lipinski definition) is 0. The predicted molar refractivity (Wildman–Crippen MR) is 190 cm³/mol. The van der Waals surface area contributed by atoms with E-state index in [0.717, 1.165) is 76.9 Å². The maximum atomic E-state index is 8.79. The quantitative estimate of drug-likeness (QED) is 0.190. The first kappa shape index (κ1) is 20.9. The molecule has 0 unspecified atom stereocenters. The lowest BCUT2D eigenvalue weighted by Crippen LogP contribution is -1.92. The van der Waals surface area contributed by atoms with E-state index in [-0.39, 0.29) is 29.7 Å². The van der Waals surface area contributed by atoms with Crippen LogP contribution in [0.15, 0.2) is 174 Å². The van der Waals surface area contributed by atoms with E-state index < -0.39 is 6.04 Å². The first-order valence-electron chi connectivity index (χ1n) is 17.5. The molecule has 45 heavy (non-hydrogen) atoms. The maximum absolute atomic E-state index is 8.79. The summed E-state index contributed by atoms with van der Waals surface area (Å²) in [5, 5.41) is 6.32. The van der Waals surface area contributed by atoms with E-state index in [0.29, 0.717) is 5.56 Å². The summed E-state index contributed by atoms with van der Waals surface area (Å²) in [6.45, 7) is 0. The number of rotatable bonds is 4. The number of para-hydroxylation sites is 1. The number of fused-ring (bicyclic) bond motifs is 5. The van der Waals surface area contributed by atoms with E-state index >= 15 is 0 Å². The van der Waals surface area contributed by atoms with Crippen LogP contribution in [0.2, 0.25) is 0 Å². The molecule has 0 fully saturated rings. The van der Waals surface area contributed by atoms with Gasteiger partial charge in [-0.3, -0.25) is 0 Å². The zero-order valence-corrected chi connectivity index (χ0v) is 24.2. The standard InChI is InChI=1S/C44H28O/c1-2-13-29(14-3-1)33-17-4-5-19-35(33)44-38-22-8-6-20-36(38)43(37-21-7-9-23-39(37)44)32-16-12-15-30(27-32)31-25-26-42-40(28-31)34-18-10-11-24-41(34)45-42/h1-28H/i1D,2D,3D,13D,14D. The lowest BCUT2D eigenvalue weighted by molar-refractivity contribution is 0.669. The highest BCUT2D eigenvalue weighted by Gasteiger charge is 2.19. The first-order valence-corrected chi connectivity index (χ1v) is 15.0. The van der Waals surface area contributed by atoms with Crippen molar-refractivity contribution < 1.29 is 11.3 Å². The molecule has 8 aromatic carbocycles. The van der Waals surface area contributed by atoms with E-state index in [2.05, 4.69) is 66.7 Å². The Labute approximate surface area is 268 Å². The Hall–Kier alpha value is -5.92. The summed E-state index contributed by atoms with van der Waals surface area (Å²) in [5.41, 5.74) is 8.67. The molecule has 0 aliphatic heterocycles. The molecule has 0 bridgehead atoms. The van der Waals surface area contributed by atoms with Gasteiger partial charge in [-0.25, -0.2) is 0 Å². The van der Waals surface area contributed by atoms with Gasteiger partial charge in [-0.2, -0.15) is 0 Å². The van der Waals surface area contributed by atoms with E-state index in [1.165, 1.54) is 0 Å². The minimum atomic E-state index is -0.401. The molecule has 0 radical (unpaired) electrons. The topological polar surface area (TPSA) is 13.1 Å². The average Bonchev–Trinajstić information content (AvgIpc) is 3.54. The van der Waals surface area contributed by atoms with E-state index in [9.17, 15) is 0 Å². The van der Waals surface area contributed by atoms with Gasteiger partial charge in [-0.05, 0) is 90.3 Å². The molecule has 1 heterocycles. The lowest BCUT2D eigenvalue weighted by Gasteiger charge is -2.20. The van der Waals surface area contributed by atoms with Crippen molar-refractivity contribution in [2.75, 3.05) is 0 Å². The minimum Gasteiger partial charge on any atom is -0.456 e. The van der Waals surface area contributed by atoms with Crippen molar-refractivity contribution in [3.05, 3.63) is 170 Å². The monoisotopic (exact) mass is 577 g/mol. The van der Waals surface area contributed by atoms with Gasteiger partial charge in [0.1, 0.15) is 11.2 Å². The van der Waals surface area contributed by atoms with Gasteiger partial charge in [0, 0.05) is 10.8 Å².